The van der Waals surface area contributed by atoms with Crippen molar-refractivity contribution >= 4 is 70.9 Å². The third-order valence-electron chi connectivity index (χ3n) is 25.4. The quantitative estimate of drug-likeness (QED) is 0.126. The predicted octanol–water partition coefficient (Wildman–Crippen LogP) is 7.60. The van der Waals surface area contributed by atoms with Gasteiger partial charge in [0.15, 0.2) is 0 Å². The van der Waals surface area contributed by atoms with Crippen molar-refractivity contribution in [3.8, 4) is 0 Å². The Morgan fingerprint density at radius 1 is 0.639 bits per heavy atom. The van der Waals surface area contributed by atoms with Crippen molar-refractivity contribution in [1.29, 1.82) is 0 Å². The summed E-state index contributed by atoms with van der Waals surface area (Å²) in [5.41, 5.74) is -2.21. The van der Waals surface area contributed by atoms with Gasteiger partial charge in [0.05, 0.1) is 13.0 Å². The second-order valence-electron chi connectivity index (χ2n) is 34.8. The van der Waals surface area contributed by atoms with Crippen LogP contribution in [0.5, 0.6) is 0 Å². The highest BCUT2D eigenvalue weighted by Crippen LogP contribution is 2.50. The normalized spacial score (nSPS) is 33.5. The number of rotatable bonds is 12. The van der Waals surface area contributed by atoms with Crippen LogP contribution in [0.4, 0.5) is 22.0 Å². The minimum absolute atomic E-state index is 0.0368. The van der Waals surface area contributed by atoms with E-state index in [-0.39, 0.29) is 102 Å². The first-order chi connectivity index (χ1) is 50.6. The van der Waals surface area contributed by atoms with Gasteiger partial charge in [0.25, 0.3) is 0 Å². The summed E-state index contributed by atoms with van der Waals surface area (Å²) in [6.45, 7) is 16.5. The lowest BCUT2D eigenvalue weighted by Gasteiger charge is -2.54. The van der Waals surface area contributed by atoms with Crippen LogP contribution in [0.1, 0.15) is 210 Å². The summed E-state index contributed by atoms with van der Waals surface area (Å²) < 4.78 is 73.0. The first-order valence-corrected chi connectivity index (χ1v) is 40.0. The number of amides is 12. The van der Waals surface area contributed by atoms with Gasteiger partial charge in [-0.05, 0) is 150 Å². The number of alkyl halides is 5. The number of likely N-dealkylation sites (N-methyl/N-ethyl adjacent to an activating group) is 6. The lowest BCUT2D eigenvalue weighted by atomic mass is 9.58. The topological polar surface area (TPSA) is 270 Å². The highest BCUT2D eigenvalue weighted by Gasteiger charge is 2.60. The van der Waals surface area contributed by atoms with Crippen molar-refractivity contribution in [2.45, 2.75) is 288 Å². The fourth-order valence-electron chi connectivity index (χ4n) is 18.9. The molecule has 3 saturated heterocycles. The molecule has 13 atom stereocenters. The van der Waals surface area contributed by atoms with Gasteiger partial charge in [-0.1, -0.05) is 112 Å². The molecule has 108 heavy (non-hydrogen) atoms. The van der Waals surface area contributed by atoms with Crippen molar-refractivity contribution in [3.63, 3.8) is 0 Å². The van der Waals surface area contributed by atoms with E-state index in [1.165, 1.54) is 81.5 Å². The van der Waals surface area contributed by atoms with Gasteiger partial charge in [0, 0.05) is 68.5 Å². The van der Waals surface area contributed by atoms with E-state index in [1.54, 1.807) is 26.8 Å². The van der Waals surface area contributed by atoms with Gasteiger partial charge < -0.3 is 60.0 Å². The predicted molar refractivity (Wildman–Crippen MR) is 395 cm³/mol. The molecule has 2 unspecified atom stereocenters. The molecule has 4 aliphatic heterocycles. The van der Waals surface area contributed by atoms with Crippen LogP contribution in [0.3, 0.4) is 0 Å². The van der Waals surface area contributed by atoms with E-state index in [0.717, 1.165) is 30.6 Å². The third kappa shape index (κ3) is 20.0. The molecule has 3 N–H and O–H groups in total. The van der Waals surface area contributed by atoms with Crippen LogP contribution in [0.2, 0.25) is 0 Å². The van der Waals surface area contributed by atoms with Gasteiger partial charge in [-0.3, -0.25) is 57.5 Å². The Morgan fingerprint density at radius 2 is 1.28 bits per heavy atom. The number of hydrogen-bond acceptors (Lipinski definition) is 12. The molecule has 24 nitrogen and oxygen atoms in total. The number of hydrogen-bond donors (Lipinski definition) is 3. The molecule has 0 radical (unpaired) electrons. The van der Waals surface area contributed by atoms with Crippen molar-refractivity contribution in [2.24, 2.45) is 52.8 Å². The zero-order valence-corrected chi connectivity index (χ0v) is 66.7. The van der Waals surface area contributed by atoms with E-state index in [9.17, 15) is 22.8 Å². The molecule has 2 bridgehead atoms. The molecule has 8 rings (SSSR count). The van der Waals surface area contributed by atoms with E-state index in [2.05, 4.69) is 22.9 Å². The Balaban J connectivity index is 1.22. The Kier molecular flexibility index (Phi) is 29.2. The summed E-state index contributed by atoms with van der Waals surface area (Å²) in [6.07, 6.45) is -1.72. The number of nitrogens with zero attached hydrogens (tertiary/aromatic N) is 9. The van der Waals surface area contributed by atoms with Gasteiger partial charge in [0.1, 0.15) is 78.2 Å². The minimum Gasteiger partial charge on any atom is -0.344 e. The van der Waals surface area contributed by atoms with Crippen LogP contribution in [0, 0.1) is 52.8 Å². The van der Waals surface area contributed by atoms with Crippen LogP contribution in [-0.2, 0) is 57.5 Å². The molecule has 0 aromatic heterocycles. The summed E-state index contributed by atoms with van der Waals surface area (Å²) in [5, 5.41) is 8.81. The smallest absolute Gasteiger partial charge is 0.344 e. The SMILES string of the molecule is CC[C@H](C)[C@@H]1NC(=O)[C@H](CC(C)C)N(C)C(=O)C[C@@H](C(=O)N(C)CC)N(C)C(=O)[C@H](C2CCCC2)N(C)C(=O)C2(CC(C)(C)C2)NC(=O)[C@@H]2C[C@H](C)CN2C(=O)[C@H](CCC2CC(F)C(C(F)(F)F)C(F)C2)NC(=O)CN(C)C(=O)[C@H](CC2CCC(C)CC2)N2CC/C=C\C[C@@H](C2=O)N(C)C(=O)[C@@H]2CCCN2C1=O. The van der Waals surface area contributed by atoms with Crippen molar-refractivity contribution in [3.05, 3.63) is 12.2 Å². The van der Waals surface area contributed by atoms with Crippen LogP contribution in [0.25, 0.3) is 0 Å². The molecule has 4 saturated carbocycles. The Labute approximate surface area is 636 Å². The molecule has 1 spiro atoms. The Bertz CT molecular complexity index is 3270. The molecule has 4 heterocycles. The van der Waals surface area contributed by atoms with E-state index < -0.39 is 204 Å². The largest absolute Gasteiger partial charge is 0.397 e. The number of carbonyl (C=O) groups excluding carboxylic acids is 12. The van der Waals surface area contributed by atoms with Crippen LogP contribution in [0.15, 0.2) is 12.2 Å². The molecule has 0 aromatic carbocycles. The van der Waals surface area contributed by atoms with Crippen molar-refractivity contribution < 1.29 is 79.5 Å². The second-order valence-corrected chi connectivity index (χ2v) is 34.8. The first-order valence-electron chi connectivity index (χ1n) is 40.0. The lowest BCUT2D eigenvalue weighted by Crippen LogP contribution is -2.71. The number of halogens is 5. The molecular formula is C79H125F5N12O12. The maximum Gasteiger partial charge on any atom is 0.397 e. The molecular weight excluding hydrogens is 1400 g/mol. The van der Waals surface area contributed by atoms with Crippen molar-refractivity contribution in [1.82, 2.24) is 60.0 Å². The van der Waals surface area contributed by atoms with Gasteiger partial charge in [-0.2, -0.15) is 13.2 Å². The number of nitrogens with one attached hydrogen (secondary N) is 3. The number of carbonyl (C=O) groups is 12. The summed E-state index contributed by atoms with van der Waals surface area (Å²) in [4.78, 5) is 196. The highest BCUT2D eigenvalue weighted by molar-refractivity contribution is 6.01. The zero-order valence-electron chi connectivity index (χ0n) is 66.7. The Morgan fingerprint density at radius 3 is 1.87 bits per heavy atom. The minimum atomic E-state index is -5.16. The van der Waals surface area contributed by atoms with E-state index in [1.807, 2.05) is 40.7 Å². The molecule has 29 heteroatoms. The second kappa shape index (κ2) is 36.5. The first kappa shape index (κ1) is 86.6. The molecule has 4 aliphatic carbocycles. The van der Waals surface area contributed by atoms with Crippen molar-refractivity contribution in [2.75, 3.05) is 75.0 Å². The lowest BCUT2D eigenvalue weighted by molar-refractivity contribution is -0.219. The summed E-state index contributed by atoms with van der Waals surface area (Å²) >= 11 is 0. The number of fused-ring (bicyclic) bond motifs is 4. The summed E-state index contributed by atoms with van der Waals surface area (Å²) in [6, 6.07) is -11.4. The molecule has 7 fully saturated rings. The van der Waals surface area contributed by atoms with E-state index in [4.69, 9.17) is 0 Å². The molecule has 0 aromatic rings. The molecule has 12 amide bonds. The summed E-state index contributed by atoms with van der Waals surface area (Å²) in [7, 11) is 8.71. The van der Waals surface area contributed by atoms with Gasteiger partial charge in [-0.15, -0.1) is 0 Å². The fourth-order valence-corrected chi connectivity index (χ4v) is 18.9. The van der Waals surface area contributed by atoms with E-state index in [0.29, 0.717) is 50.9 Å². The fraction of sp³-hybridized carbons (Fsp3) is 0.823. The highest BCUT2D eigenvalue weighted by atomic mass is 19.4. The van der Waals surface area contributed by atoms with Gasteiger partial charge in [-0.25, -0.2) is 8.78 Å². The van der Waals surface area contributed by atoms with Crippen LogP contribution < -0.4 is 16.0 Å². The maximum absolute atomic E-state index is 15.8. The van der Waals surface area contributed by atoms with Crippen LogP contribution >= 0.6 is 0 Å². The van der Waals surface area contributed by atoms with Crippen LogP contribution in [-0.4, -0.2) is 268 Å². The standard InChI is InChI=1S/C79H125F5N12O12/c1-16-49(7)65-74(106)94-35-23-27-57(94)72(104)91(13)56-26-19-18-22-34-95(73(56)105)61(40-50-30-28-47(5)29-31-50)71(103)89(11)43-62(97)85-55(33-32-51-38-53(80)64(54(81)39-51)79(82,83)84)69(101)96-42-48(6)37-59(96)68(100)87-78(44-77(8,9)45-78)76(108)93(15)66(52-24-20-21-25-52)75(107)92(14)60(70(102)88(10)17-2)41-63(98)90(12)58(36-46(3)4)67(99)86-65/h18-19,46-61,64-66H,16-17,20-45H2,1-15H3,(H,85,97)(H,86,99)(H,87,100)/b19-18-/t47?,48-,49-,50?,51?,53?,54?,55-,56-,57-,58-,59-,60-,61-,64?,65-,66-/m0/s1. The maximum atomic E-state index is 15.8. The van der Waals surface area contributed by atoms with E-state index >= 15 is 56.7 Å². The third-order valence-corrected chi connectivity index (χ3v) is 25.4. The molecule has 8 aliphatic rings. The molecule has 608 valence electrons. The average Bonchev–Trinajstić information content (AvgIpc) is 0.900. The zero-order chi connectivity index (χ0) is 79.9. The Hall–Kier alpha value is -6.97. The monoisotopic (exact) mass is 1530 g/mol. The van der Waals surface area contributed by atoms with Gasteiger partial charge >= 0.3 is 6.18 Å². The average molecular weight is 1530 g/mol. The van der Waals surface area contributed by atoms with Gasteiger partial charge in [0.2, 0.25) is 70.9 Å². The summed E-state index contributed by atoms with van der Waals surface area (Å²) in [5.74, 6) is -12.9.